The monoisotopic (exact) mass is 672 g/mol. The molecule has 0 aliphatic carbocycles. The molecule has 4 aromatic carbocycles. The largest absolute Gasteiger partial charge is 0.493 e. The highest BCUT2D eigenvalue weighted by molar-refractivity contribution is 7.07. The van der Waals surface area contributed by atoms with Crippen molar-refractivity contribution in [1.29, 1.82) is 0 Å². The lowest BCUT2D eigenvalue weighted by Crippen LogP contribution is -2.40. The molecule has 0 unspecified atom stereocenters. The van der Waals surface area contributed by atoms with Gasteiger partial charge in [-0.05, 0) is 54.5 Å². The number of ether oxygens (including phenoxy) is 3. The number of carbonyl (C=O) groups excluding carboxylic acids is 1. The fourth-order valence-corrected chi connectivity index (χ4v) is 6.56. The Morgan fingerprint density at radius 2 is 1.74 bits per heavy atom. The van der Waals surface area contributed by atoms with E-state index in [1.807, 2.05) is 30.3 Å². The summed E-state index contributed by atoms with van der Waals surface area (Å²) in [6, 6.07) is 23.3. The molecule has 7 nitrogen and oxygen atoms in total. The van der Waals surface area contributed by atoms with Gasteiger partial charge >= 0.3 is 5.97 Å². The predicted molar refractivity (Wildman–Crippen MR) is 176 cm³/mol. The van der Waals surface area contributed by atoms with E-state index in [0.29, 0.717) is 37.3 Å². The number of thiazole rings is 1. The zero-order valence-corrected chi connectivity index (χ0v) is 26.8. The molecular weight excluding hydrogens is 646 g/mol. The number of carbonyl (C=O) groups is 1. The molecule has 0 fully saturated rings. The number of methoxy groups -OCH3 is 1. The summed E-state index contributed by atoms with van der Waals surface area (Å²) in [5.74, 6) is -0.999. The first kappa shape index (κ1) is 31.9. The Kier molecular flexibility index (Phi) is 9.33. The molecule has 1 aliphatic heterocycles. The van der Waals surface area contributed by atoms with E-state index in [9.17, 15) is 18.4 Å². The number of fused-ring (bicyclic) bond motifs is 1. The molecule has 1 aliphatic rings. The molecule has 5 aromatic rings. The van der Waals surface area contributed by atoms with Crippen LogP contribution in [-0.4, -0.2) is 24.3 Å². The maximum absolute atomic E-state index is 14.2. The van der Waals surface area contributed by atoms with Crippen LogP contribution in [0.3, 0.4) is 0 Å². The van der Waals surface area contributed by atoms with Crippen molar-refractivity contribution in [3.05, 3.63) is 155 Å². The third-order valence-electron chi connectivity index (χ3n) is 7.44. The van der Waals surface area contributed by atoms with Crippen LogP contribution in [0.4, 0.5) is 8.78 Å². The number of halogens is 3. The second kappa shape index (κ2) is 13.7. The first-order valence-electron chi connectivity index (χ1n) is 14.6. The summed E-state index contributed by atoms with van der Waals surface area (Å²) < 4.78 is 46.7. The molecule has 0 saturated carbocycles. The number of hydrogen-bond acceptors (Lipinski definition) is 7. The summed E-state index contributed by atoms with van der Waals surface area (Å²) >= 11 is 7.73. The lowest BCUT2D eigenvalue weighted by atomic mass is 9.93. The van der Waals surface area contributed by atoms with E-state index < -0.39 is 29.2 Å². The molecule has 6 rings (SSSR count). The van der Waals surface area contributed by atoms with Gasteiger partial charge in [-0.3, -0.25) is 9.36 Å². The Hall–Kier alpha value is -5.06. The third kappa shape index (κ3) is 6.47. The minimum absolute atomic E-state index is 0.0728. The van der Waals surface area contributed by atoms with Crippen LogP contribution in [0.1, 0.15) is 35.2 Å². The van der Waals surface area contributed by atoms with E-state index in [1.54, 1.807) is 43.3 Å². The lowest BCUT2D eigenvalue weighted by molar-refractivity contribution is -0.138. The van der Waals surface area contributed by atoms with Gasteiger partial charge in [-0.2, -0.15) is 0 Å². The average molecular weight is 673 g/mol. The van der Waals surface area contributed by atoms with E-state index in [2.05, 4.69) is 0 Å². The fraction of sp³-hybridized carbons (Fsp3) is 0.139. The quantitative estimate of drug-likeness (QED) is 0.168. The van der Waals surface area contributed by atoms with Crippen LogP contribution in [0.25, 0.3) is 11.8 Å². The second-order valence-electron chi connectivity index (χ2n) is 10.4. The van der Waals surface area contributed by atoms with Crippen molar-refractivity contribution in [2.24, 2.45) is 4.99 Å². The summed E-state index contributed by atoms with van der Waals surface area (Å²) in [5, 5.41) is 0.194. The van der Waals surface area contributed by atoms with Crippen molar-refractivity contribution in [2.75, 3.05) is 13.7 Å². The molecule has 1 atom stereocenters. The van der Waals surface area contributed by atoms with Crippen LogP contribution in [0.5, 0.6) is 11.5 Å². The highest BCUT2D eigenvalue weighted by atomic mass is 35.5. The Bertz CT molecular complexity index is 2180. The zero-order valence-electron chi connectivity index (χ0n) is 25.2. The highest BCUT2D eigenvalue weighted by Crippen LogP contribution is 2.38. The van der Waals surface area contributed by atoms with Gasteiger partial charge in [0.1, 0.15) is 18.2 Å². The van der Waals surface area contributed by atoms with Crippen LogP contribution >= 0.6 is 22.9 Å². The van der Waals surface area contributed by atoms with Crippen LogP contribution in [-0.2, 0) is 16.1 Å². The molecule has 0 amide bonds. The Labute approximate surface area is 277 Å². The van der Waals surface area contributed by atoms with E-state index >= 15 is 0 Å². The van der Waals surface area contributed by atoms with Crippen molar-refractivity contribution >= 4 is 40.7 Å². The second-order valence-corrected chi connectivity index (χ2v) is 11.8. The van der Waals surface area contributed by atoms with Gasteiger partial charge in [-0.15, -0.1) is 0 Å². The summed E-state index contributed by atoms with van der Waals surface area (Å²) in [7, 11) is 1.45. The van der Waals surface area contributed by atoms with Gasteiger partial charge in [0.25, 0.3) is 5.56 Å². The minimum Gasteiger partial charge on any atom is -0.493 e. The molecule has 238 valence electrons. The van der Waals surface area contributed by atoms with Gasteiger partial charge in [0.2, 0.25) is 0 Å². The smallest absolute Gasteiger partial charge is 0.338 e. The fourth-order valence-electron chi connectivity index (χ4n) is 5.28. The van der Waals surface area contributed by atoms with E-state index in [0.717, 1.165) is 11.3 Å². The van der Waals surface area contributed by atoms with Gasteiger partial charge in [0.05, 0.1) is 40.6 Å². The SMILES string of the molecule is CCOC(=O)C1=C(c2ccccc2)N=c2s/c(=C\c3cc(Cl)c(OCc4ccccc4F)c(OC)c3)c(=O)n2[C@H]1c1ccc(F)cc1. The summed E-state index contributed by atoms with van der Waals surface area (Å²) in [4.78, 5) is 32.8. The van der Waals surface area contributed by atoms with Crippen molar-refractivity contribution in [1.82, 2.24) is 4.57 Å². The molecule has 0 radical (unpaired) electrons. The lowest BCUT2D eigenvalue weighted by Gasteiger charge is -2.25. The highest BCUT2D eigenvalue weighted by Gasteiger charge is 2.35. The van der Waals surface area contributed by atoms with Gasteiger partial charge in [0.15, 0.2) is 16.3 Å². The molecule has 0 saturated heterocycles. The van der Waals surface area contributed by atoms with Gasteiger partial charge in [-0.1, -0.05) is 83.6 Å². The Morgan fingerprint density at radius 3 is 2.45 bits per heavy atom. The number of nitrogens with zero attached hydrogens (tertiary/aromatic N) is 2. The topological polar surface area (TPSA) is 79.1 Å². The molecule has 11 heteroatoms. The summed E-state index contributed by atoms with van der Waals surface area (Å²) in [6.45, 7) is 1.72. The molecule has 1 aromatic heterocycles. The molecule has 0 N–H and O–H groups in total. The molecule has 0 spiro atoms. The van der Waals surface area contributed by atoms with Crippen LogP contribution in [0.15, 0.2) is 106 Å². The normalized spacial score (nSPS) is 14.4. The number of hydrogen-bond donors (Lipinski definition) is 0. The third-order valence-corrected chi connectivity index (χ3v) is 8.70. The van der Waals surface area contributed by atoms with Crippen molar-refractivity contribution in [2.45, 2.75) is 19.6 Å². The van der Waals surface area contributed by atoms with E-state index in [-0.39, 0.29) is 35.3 Å². The Morgan fingerprint density at radius 1 is 1.02 bits per heavy atom. The molecule has 47 heavy (non-hydrogen) atoms. The molecular formula is C36H27ClF2N2O5S. The number of rotatable bonds is 9. The van der Waals surface area contributed by atoms with Gasteiger partial charge < -0.3 is 14.2 Å². The summed E-state index contributed by atoms with van der Waals surface area (Å²) in [6.07, 6.45) is 1.64. The van der Waals surface area contributed by atoms with E-state index in [1.165, 1.54) is 42.0 Å². The zero-order chi connectivity index (χ0) is 33.1. The molecule has 2 heterocycles. The standard InChI is InChI=1S/C36H27ClF2N2O5S/c1-3-45-35(43)30-31(22-9-5-4-6-10-22)40-36-41(32(30)23-13-15-25(38)16-14-23)34(42)29(47-36)19-21-17-26(37)33(28(18-21)44-2)46-20-24-11-7-8-12-27(24)39/h4-19,32H,3,20H2,1-2H3/b29-19-/t32-/m0/s1. The number of esters is 1. The minimum atomic E-state index is -0.949. The Balaban J connectivity index is 1.49. The van der Waals surface area contributed by atoms with Gasteiger partial charge in [0, 0.05) is 11.1 Å². The van der Waals surface area contributed by atoms with Crippen LogP contribution < -0.4 is 24.4 Å². The maximum Gasteiger partial charge on any atom is 0.338 e. The summed E-state index contributed by atoms with van der Waals surface area (Å²) in [5.41, 5.74) is 2.13. The van der Waals surface area contributed by atoms with E-state index in [4.69, 9.17) is 30.8 Å². The maximum atomic E-state index is 14.2. The average Bonchev–Trinajstić information content (AvgIpc) is 3.38. The predicted octanol–water partition coefficient (Wildman–Crippen LogP) is 6.45. The van der Waals surface area contributed by atoms with Crippen molar-refractivity contribution in [3.63, 3.8) is 0 Å². The van der Waals surface area contributed by atoms with Crippen molar-refractivity contribution in [3.8, 4) is 11.5 Å². The first-order valence-corrected chi connectivity index (χ1v) is 15.8. The first-order chi connectivity index (χ1) is 22.8. The number of benzene rings is 4. The van der Waals surface area contributed by atoms with Crippen LogP contribution in [0.2, 0.25) is 5.02 Å². The van der Waals surface area contributed by atoms with Crippen LogP contribution in [0, 0.1) is 11.6 Å². The van der Waals surface area contributed by atoms with Crippen molar-refractivity contribution < 1.29 is 27.8 Å². The molecule has 0 bridgehead atoms. The number of aromatic nitrogens is 1. The van der Waals surface area contributed by atoms with Gasteiger partial charge in [-0.25, -0.2) is 18.6 Å².